The molecule has 0 fully saturated rings. The fraction of sp³-hybridized carbons (Fsp3) is 0.0909. The van der Waals surface area contributed by atoms with Crippen LogP contribution >= 0.6 is 0 Å². The SMILES string of the molecule is C=C/N=C(\N=C/C)Nc1ccc(C#N)cn1. The highest BCUT2D eigenvalue weighted by atomic mass is 15.2. The van der Waals surface area contributed by atoms with Crippen molar-refractivity contribution in [1.82, 2.24) is 4.98 Å². The van der Waals surface area contributed by atoms with Gasteiger partial charge in [0, 0.05) is 18.6 Å². The van der Waals surface area contributed by atoms with E-state index in [0.29, 0.717) is 17.3 Å². The average Bonchev–Trinajstić information content (AvgIpc) is 2.31. The zero-order valence-corrected chi connectivity index (χ0v) is 8.88. The van der Waals surface area contributed by atoms with E-state index in [-0.39, 0.29) is 0 Å². The molecule has 0 aliphatic heterocycles. The summed E-state index contributed by atoms with van der Waals surface area (Å²) in [6, 6.07) is 5.34. The maximum absolute atomic E-state index is 8.61. The van der Waals surface area contributed by atoms with Crippen LogP contribution in [0.2, 0.25) is 0 Å². The van der Waals surface area contributed by atoms with Crippen molar-refractivity contribution in [2.24, 2.45) is 9.98 Å². The molecule has 1 rings (SSSR count). The summed E-state index contributed by atoms with van der Waals surface area (Å²) in [5.74, 6) is 0.972. The van der Waals surface area contributed by atoms with Crippen LogP contribution in [-0.2, 0) is 0 Å². The Kier molecular flexibility index (Phi) is 4.41. The molecule has 0 aliphatic rings. The number of aromatic nitrogens is 1. The molecule has 0 amide bonds. The van der Waals surface area contributed by atoms with E-state index in [2.05, 4.69) is 26.9 Å². The third-order valence-electron chi connectivity index (χ3n) is 1.60. The van der Waals surface area contributed by atoms with Gasteiger partial charge in [0.25, 0.3) is 0 Å². The minimum Gasteiger partial charge on any atom is -0.309 e. The topological polar surface area (TPSA) is 73.4 Å². The van der Waals surface area contributed by atoms with Gasteiger partial charge in [-0.1, -0.05) is 6.58 Å². The molecule has 16 heavy (non-hydrogen) atoms. The van der Waals surface area contributed by atoms with Crippen molar-refractivity contribution in [1.29, 1.82) is 5.26 Å². The lowest BCUT2D eigenvalue weighted by Crippen LogP contribution is -2.10. The zero-order chi connectivity index (χ0) is 11.8. The van der Waals surface area contributed by atoms with Crippen LogP contribution in [0.3, 0.4) is 0 Å². The summed E-state index contributed by atoms with van der Waals surface area (Å²) >= 11 is 0. The summed E-state index contributed by atoms with van der Waals surface area (Å²) < 4.78 is 0. The molecule has 5 heteroatoms. The smallest absolute Gasteiger partial charge is 0.227 e. The lowest BCUT2D eigenvalue weighted by atomic mass is 10.3. The number of aliphatic imine (C=N–C) groups is 2. The van der Waals surface area contributed by atoms with E-state index >= 15 is 0 Å². The van der Waals surface area contributed by atoms with Crippen LogP contribution in [-0.4, -0.2) is 17.2 Å². The number of nitrogens with one attached hydrogen (secondary N) is 1. The number of anilines is 1. The second-order valence-corrected chi connectivity index (χ2v) is 2.69. The average molecular weight is 213 g/mol. The number of nitriles is 1. The molecule has 0 unspecified atom stereocenters. The molecule has 1 N–H and O–H groups in total. The van der Waals surface area contributed by atoms with Gasteiger partial charge in [-0.2, -0.15) is 5.26 Å². The molecule has 80 valence electrons. The van der Waals surface area contributed by atoms with Crippen LogP contribution in [0.4, 0.5) is 5.82 Å². The third kappa shape index (κ3) is 3.35. The predicted octanol–water partition coefficient (Wildman–Crippen LogP) is 1.96. The summed E-state index contributed by atoms with van der Waals surface area (Å²) in [6.45, 7) is 5.27. The molecule has 0 radical (unpaired) electrons. The summed E-state index contributed by atoms with van der Waals surface area (Å²) in [7, 11) is 0. The maximum Gasteiger partial charge on any atom is 0.227 e. The van der Waals surface area contributed by atoms with E-state index in [9.17, 15) is 0 Å². The molecule has 0 aliphatic carbocycles. The van der Waals surface area contributed by atoms with Crippen LogP contribution in [0.15, 0.2) is 41.1 Å². The molecule has 0 aromatic carbocycles. The lowest BCUT2D eigenvalue weighted by Gasteiger charge is -2.02. The molecule has 1 heterocycles. The van der Waals surface area contributed by atoms with Gasteiger partial charge in [-0.15, -0.1) is 0 Å². The molecule has 1 aromatic rings. The van der Waals surface area contributed by atoms with Crippen LogP contribution < -0.4 is 5.32 Å². The Balaban J connectivity index is 2.82. The van der Waals surface area contributed by atoms with Gasteiger partial charge in [0.15, 0.2) is 0 Å². The summed E-state index contributed by atoms with van der Waals surface area (Å²) in [5, 5.41) is 11.5. The summed E-state index contributed by atoms with van der Waals surface area (Å²) in [5.41, 5.74) is 0.506. The van der Waals surface area contributed by atoms with Crippen molar-refractivity contribution < 1.29 is 0 Å². The van der Waals surface area contributed by atoms with Crippen LogP contribution in [0.5, 0.6) is 0 Å². The number of guanidine groups is 1. The number of nitrogens with zero attached hydrogens (tertiary/aromatic N) is 4. The van der Waals surface area contributed by atoms with Gasteiger partial charge in [-0.25, -0.2) is 15.0 Å². The Morgan fingerprint density at radius 3 is 2.94 bits per heavy atom. The number of hydrogen-bond donors (Lipinski definition) is 1. The van der Waals surface area contributed by atoms with Gasteiger partial charge in [0.1, 0.15) is 11.9 Å². The monoisotopic (exact) mass is 213 g/mol. The van der Waals surface area contributed by atoms with E-state index < -0.39 is 0 Å². The van der Waals surface area contributed by atoms with Gasteiger partial charge in [0.05, 0.1) is 5.56 Å². The third-order valence-corrected chi connectivity index (χ3v) is 1.60. The quantitative estimate of drug-likeness (QED) is 0.602. The van der Waals surface area contributed by atoms with Crippen molar-refractivity contribution in [2.45, 2.75) is 6.92 Å². The van der Waals surface area contributed by atoms with Crippen LogP contribution in [0, 0.1) is 11.3 Å². The minimum absolute atomic E-state index is 0.398. The first kappa shape index (κ1) is 11.6. The number of hydrogen-bond acceptors (Lipinski definition) is 3. The number of pyridine rings is 1. The largest absolute Gasteiger partial charge is 0.309 e. The highest BCUT2D eigenvalue weighted by Gasteiger charge is 1.98. The molecule has 1 aromatic heterocycles. The van der Waals surface area contributed by atoms with Crippen LogP contribution in [0.25, 0.3) is 0 Å². The van der Waals surface area contributed by atoms with Crippen LogP contribution in [0.1, 0.15) is 12.5 Å². The van der Waals surface area contributed by atoms with Crippen molar-refractivity contribution in [2.75, 3.05) is 5.32 Å². The molecular weight excluding hydrogens is 202 g/mol. The van der Waals surface area contributed by atoms with E-state index in [1.54, 1.807) is 25.3 Å². The van der Waals surface area contributed by atoms with Crippen molar-refractivity contribution in [3.63, 3.8) is 0 Å². The van der Waals surface area contributed by atoms with E-state index in [0.717, 1.165) is 0 Å². The Labute approximate surface area is 93.9 Å². The van der Waals surface area contributed by atoms with E-state index in [1.165, 1.54) is 12.4 Å². The molecule has 0 saturated heterocycles. The molecule has 0 spiro atoms. The first-order chi connectivity index (χ1) is 7.80. The maximum atomic E-state index is 8.61. The van der Waals surface area contributed by atoms with Gasteiger partial charge in [0.2, 0.25) is 5.96 Å². The summed E-state index contributed by atoms with van der Waals surface area (Å²) in [4.78, 5) is 11.9. The standard InChI is InChI=1S/C11H11N5/c1-3-13-11(14-4-2)16-10-6-5-9(7-12)8-15-10/h3-6,8H,1H2,2H3,(H,13,15,16)/b14-4-. The second kappa shape index (κ2) is 6.09. The molecule has 5 nitrogen and oxygen atoms in total. The van der Waals surface area contributed by atoms with E-state index in [4.69, 9.17) is 5.26 Å². The first-order valence-electron chi connectivity index (χ1n) is 4.60. The molecular formula is C11H11N5. The molecule has 0 atom stereocenters. The predicted molar refractivity (Wildman–Crippen MR) is 64.4 cm³/mol. The second-order valence-electron chi connectivity index (χ2n) is 2.69. The highest BCUT2D eigenvalue weighted by Crippen LogP contribution is 2.04. The Hall–Kier alpha value is -2.48. The van der Waals surface area contributed by atoms with Crippen molar-refractivity contribution in [3.05, 3.63) is 36.7 Å². The number of rotatable bonds is 2. The minimum atomic E-state index is 0.398. The fourth-order valence-corrected chi connectivity index (χ4v) is 0.955. The van der Waals surface area contributed by atoms with Crippen molar-refractivity contribution >= 4 is 18.0 Å². The van der Waals surface area contributed by atoms with Gasteiger partial charge < -0.3 is 5.32 Å². The zero-order valence-electron chi connectivity index (χ0n) is 8.88. The van der Waals surface area contributed by atoms with Gasteiger partial charge in [-0.3, -0.25) is 0 Å². The molecule has 0 bridgehead atoms. The van der Waals surface area contributed by atoms with Crippen molar-refractivity contribution in [3.8, 4) is 6.07 Å². The van der Waals surface area contributed by atoms with E-state index in [1.807, 2.05) is 6.07 Å². The fourth-order valence-electron chi connectivity index (χ4n) is 0.955. The summed E-state index contributed by atoms with van der Waals surface area (Å²) in [6.07, 6.45) is 4.47. The first-order valence-corrected chi connectivity index (χ1v) is 4.60. The normalized spacial score (nSPS) is 11.1. The van der Waals surface area contributed by atoms with Gasteiger partial charge >= 0.3 is 0 Å². The highest BCUT2D eigenvalue weighted by molar-refractivity contribution is 5.97. The Morgan fingerprint density at radius 2 is 2.44 bits per heavy atom. The van der Waals surface area contributed by atoms with Gasteiger partial charge in [-0.05, 0) is 19.1 Å². The Morgan fingerprint density at radius 1 is 1.62 bits per heavy atom. The molecule has 0 saturated carbocycles. The lowest BCUT2D eigenvalue weighted by molar-refractivity contribution is 1.29. The Bertz CT molecular complexity index is 450.